The second-order valence-corrected chi connectivity index (χ2v) is 4.66. The molecule has 0 saturated carbocycles. The lowest BCUT2D eigenvalue weighted by molar-refractivity contribution is 0.0694. The van der Waals surface area contributed by atoms with Crippen LogP contribution in [-0.2, 0) is 12.5 Å². The second-order valence-electron chi connectivity index (χ2n) is 4.66. The smallest absolute Gasteiger partial charge is 0.337 e. The third-order valence-corrected chi connectivity index (χ3v) is 2.41. The molecule has 14 heavy (non-hydrogen) atoms. The minimum Gasteiger partial charge on any atom is -0.478 e. The van der Waals surface area contributed by atoms with Crippen LogP contribution in [0.3, 0.4) is 0 Å². The third kappa shape index (κ3) is 1.67. The number of nitrogens with zero attached hydrogens (tertiary/aromatic N) is 1. The molecule has 1 aromatic rings. The van der Waals surface area contributed by atoms with Gasteiger partial charge in [0.1, 0.15) is 0 Å². The molecular weight excluding hydrogens is 178 g/mol. The number of aromatic nitrogens is 1. The zero-order valence-electron chi connectivity index (χ0n) is 9.38. The van der Waals surface area contributed by atoms with Crippen molar-refractivity contribution in [3.05, 3.63) is 23.0 Å². The summed E-state index contributed by atoms with van der Waals surface area (Å²) in [5, 5.41) is 9.05. The van der Waals surface area contributed by atoms with Gasteiger partial charge in [0.15, 0.2) is 0 Å². The molecular formula is C11H17NO2. The Bertz CT molecular complexity index is 369. The van der Waals surface area contributed by atoms with E-state index in [9.17, 15) is 4.79 Å². The molecule has 0 unspecified atom stereocenters. The minimum absolute atomic E-state index is 0.142. The Balaban J connectivity index is 3.46. The van der Waals surface area contributed by atoms with Crippen molar-refractivity contribution >= 4 is 5.97 Å². The van der Waals surface area contributed by atoms with Gasteiger partial charge in [-0.2, -0.15) is 0 Å². The highest BCUT2D eigenvalue weighted by Crippen LogP contribution is 2.28. The highest BCUT2D eigenvalue weighted by molar-refractivity contribution is 5.89. The lowest BCUT2D eigenvalue weighted by Gasteiger charge is -2.21. The standard InChI is InChI=1S/C11H17NO2/c1-7-6-8(10(13)14)9(12(7)5)11(2,3)4/h6H,1-5H3,(H,13,14). The number of hydrogen-bond acceptors (Lipinski definition) is 1. The summed E-state index contributed by atoms with van der Waals surface area (Å²) in [6.45, 7) is 7.98. The fourth-order valence-corrected chi connectivity index (χ4v) is 1.80. The molecule has 0 aliphatic heterocycles. The Morgan fingerprint density at radius 3 is 2.21 bits per heavy atom. The number of carboxylic acids is 1. The van der Waals surface area contributed by atoms with E-state index in [0.717, 1.165) is 11.4 Å². The Hall–Kier alpha value is -1.25. The lowest BCUT2D eigenvalue weighted by atomic mass is 9.89. The van der Waals surface area contributed by atoms with Crippen molar-refractivity contribution in [3.63, 3.8) is 0 Å². The summed E-state index contributed by atoms with van der Waals surface area (Å²) in [7, 11) is 1.91. The number of carbonyl (C=O) groups is 1. The topological polar surface area (TPSA) is 42.2 Å². The number of aryl methyl sites for hydroxylation is 1. The Morgan fingerprint density at radius 1 is 1.43 bits per heavy atom. The molecule has 0 amide bonds. The molecule has 78 valence electrons. The van der Waals surface area contributed by atoms with Crippen molar-refractivity contribution in [2.75, 3.05) is 0 Å². The molecule has 1 N–H and O–H groups in total. The maximum absolute atomic E-state index is 11.0. The molecule has 1 aromatic heterocycles. The van der Waals surface area contributed by atoms with Crippen LogP contribution in [0.4, 0.5) is 0 Å². The maximum atomic E-state index is 11.0. The molecule has 0 aromatic carbocycles. The first kappa shape index (κ1) is 10.8. The van der Waals surface area contributed by atoms with Crippen LogP contribution in [-0.4, -0.2) is 15.6 Å². The number of carboxylic acid groups (broad SMARTS) is 1. The van der Waals surface area contributed by atoms with Crippen LogP contribution in [0.2, 0.25) is 0 Å². The van der Waals surface area contributed by atoms with E-state index in [2.05, 4.69) is 0 Å². The number of hydrogen-bond donors (Lipinski definition) is 1. The van der Waals surface area contributed by atoms with Crippen LogP contribution in [0, 0.1) is 6.92 Å². The zero-order chi connectivity index (χ0) is 11.1. The van der Waals surface area contributed by atoms with Gasteiger partial charge >= 0.3 is 5.97 Å². The summed E-state index contributed by atoms with van der Waals surface area (Å²) in [5.74, 6) is -0.848. The van der Waals surface area contributed by atoms with Crippen LogP contribution in [0.15, 0.2) is 6.07 Å². The first-order chi connectivity index (χ1) is 6.25. The van der Waals surface area contributed by atoms with Crippen LogP contribution in [0.5, 0.6) is 0 Å². The number of aromatic carboxylic acids is 1. The van der Waals surface area contributed by atoms with Crippen LogP contribution < -0.4 is 0 Å². The summed E-state index contributed by atoms with van der Waals surface area (Å²) >= 11 is 0. The first-order valence-electron chi connectivity index (χ1n) is 4.65. The molecule has 0 fully saturated rings. The predicted molar refractivity (Wildman–Crippen MR) is 55.8 cm³/mol. The Morgan fingerprint density at radius 2 is 1.93 bits per heavy atom. The van der Waals surface area contributed by atoms with Crippen molar-refractivity contribution in [1.82, 2.24) is 4.57 Å². The Labute approximate surface area is 84.4 Å². The maximum Gasteiger partial charge on any atom is 0.337 e. The third-order valence-electron chi connectivity index (χ3n) is 2.41. The van der Waals surface area contributed by atoms with E-state index < -0.39 is 5.97 Å². The summed E-state index contributed by atoms with van der Waals surface area (Å²) < 4.78 is 1.95. The summed E-state index contributed by atoms with van der Waals surface area (Å²) in [6.07, 6.45) is 0. The van der Waals surface area contributed by atoms with E-state index >= 15 is 0 Å². The molecule has 0 spiro atoms. The van der Waals surface area contributed by atoms with Crippen molar-refractivity contribution in [1.29, 1.82) is 0 Å². The highest BCUT2D eigenvalue weighted by atomic mass is 16.4. The molecule has 0 saturated heterocycles. The fraction of sp³-hybridized carbons (Fsp3) is 0.545. The monoisotopic (exact) mass is 195 g/mol. The van der Waals surface area contributed by atoms with Gasteiger partial charge in [-0.1, -0.05) is 20.8 Å². The predicted octanol–water partition coefficient (Wildman–Crippen LogP) is 2.33. The van der Waals surface area contributed by atoms with E-state index in [4.69, 9.17) is 5.11 Å². The van der Waals surface area contributed by atoms with Gasteiger partial charge in [0, 0.05) is 23.9 Å². The van der Waals surface area contributed by atoms with Crippen molar-refractivity contribution in [2.45, 2.75) is 33.1 Å². The van der Waals surface area contributed by atoms with Gasteiger partial charge in [-0.3, -0.25) is 0 Å². The van der Waals surface area contributed by atoms with Gasteiger partial charge in [0.05, 0.1) is 5.56 Å². The van der Waals surface area contributed by atoms with Gasteiger partial charge in [-0.15, -0.1) is 0 Å². The minimum atomic E-state index is -0.848. The molecule has 0 atom stereocenters. The van der Waals surface area contributed by atoms with Crippen molar-refractivity contribution < 1.29 is 9.90 Å². The molecule has 0 aliphatic carbocycles. The van der Waals surface area contributed by atoms with E-state index in [1.165, 1.54) is 0 Å². The van der Waals surface area contributed by atoms with Crippen LogP contribution in [0.1, 0.15) is 42.5 Å². The summed E-state index contributed by atoms with van der Waals surface area (Å²) in [6, 6.07) is 1.73. The SMILES string of the molecule is Cc1cc(C(=O)O)c(C(C)(C)C)n1C. The average molecular weight is 195 g/mol. The van der Waals surface area contributed by atoms with E-state index in [1.807, 2.05) is 39.3 Å². The number of rotatable bonds is 1. The highest BCUT2D eigenvalue weighted by Gasteiger charge is 2.25. The molecule has 0 radical (unpaired) electrons. The molecule has 1 rings (SSSR count). The first-order valence-corrected chi connectivity index (χ1v) is 4.65. The van der Waals surface area contributed by atoms with E-state index in [0.29, 0.717) is 5.56 Å². The van der Waals surface area contributed by atoms with Crippen LogP contribution in [0.25, 0.3) is 0 Å². The van der Waals surface area contributed by atoms with E-state index in [1.54, 1.807) is 6.07 Å². The van der Waals surface area contributed by atoms with Crippen LogP contribution >= 0.6 is 0 Å². The van der Waals surface area contributed by atoms with Gasteiger partial charge in [0.25, 0.3) is 0 Å². The quantitative estimate of drug-likeness (QED) is 0.747. The van der Waals surface area contributed by atoms with Gasteiger partial charge < -0.3 is 9.67 Å². The van der Waals surface area contributed by atoms with E-state index in [-0.39, 0.29) is 5.41 Å². The Kier molecular flexibility index (Phi) is 2.44. The largest absolute Gasteiger partial charge is 0.478 e. The fourth-order valence-electron chi connectivity index (χ4n) is 1.80. The van der Waals surface area contributed by atoms with Crippen molar-refractivity contribution in [2.24, 2.45) is 7.05 Å². The van der Waals surface area contributed by atoms with Gasteiger partial charge in [-0.05, 0) is 13.0 Å². The normalized spacial score (nSPS) is 11.8. The lowest BCUT2D eigenvalue weighted by Crippen LogP contribution is -2.20. The summed E-state index contributed by atoms with van der Waals surface area (Å²) in [4.78, 5) is 11.0. The van der Waals surface area contributed by atoms with Gasteiger partial charge in [-0.25, -0.2) is 4.79 Å². The van der Waals surface area contributed by atoms with Gasteiger partial charge in [0.2, 0.25) is 0 Å². The second kappa shape index (κ2) is 3.15. The molecule has 3 heteroatoms. The zero-order valence-corrected chi connectivity index (χ0v) is 9.38. The molecule has 3 nitrogen and oxygen atoms in total. The molecule has 0 bridgehead atoms. The average Bonchev–Trinajstić information content (AvgIpc) is 2.27. The summed E-state index contributed by atoms with van der Waals surface area (Å²) in [5.41, 5.74) is 2.13. The van der Waals surface area contributed by atoms with Crippen molar-refractivity contribution in [3.8, 4) is 0 Å². The molecule has 1 heterocycles. The molecule has 0 aliphatic rings.